The van der Waals surface area contributed by atoms with Gasteiger partial charge in [0.25, 0.3) is 11.8 Å². The molecular weight excluding hydrogens is 508 g/mol. The first-order chi connectivity index (χ1) is 19.3. The van der Waals surface area contributed by atoms with E-state index in [0.29, 0.717) is 24.2 Å². The van der Waals surface area contributed by atoms with E-state index in [1.54, 1.807) is 49.1 Å². The van der Waals surface area contributed by atoms with Crippen LogP contribution < -0.4 is 21.3 Å². The van der Waals surface area contributed by atoms with Crippen molar-refractivity contribution in [3.05, 3.63) is 60.2 Å². The van der Waals surface area contributed by atoms with Crippen LogP contribution in [0.1, 0.15) is 86.9 Å². The van der Waals surface area contributed by atoms with Crippen molar-refractivity contribution in [2.24, 2.45) is 11.8 Å². The standard InChI is InChI=1S/C30H44N6O4/c1-5-21(3)25(35-27(37)23-11-17-31-18-12-23)29(39)33-15-9-7-8-10-16-34-30(40)26(22(4)6-2)36-28(38)24-13-19-32-20-14-24/h11-14,17-22,25-26H,5-10,15-16H2,1-4H3,(H,33,39)(H,34,40)(H,35,37)(H,36,38)/t21?,22?,25-,26-/m0/s1. The average Bonchev–Trinajstić information content (AvgIpc) is 2.99. The molecule has 0 fully saturated rings. The zero-order chi connectivity index (χ0) is 29.3. The van der Waals surface area contributed by atoms with Crippen molar-refractivity contribution in [3.8, 4) is 0 Å². The molecular formula is C30H44N6O4. The topological polar surface area (TPSA) is 142 Å². The summed E-state index contributed by atoms with van der Waals surface area (Å²) in [7, 11) is 0. The van der Waals surface area contributed by atoms with Gasteiger partial charge in [0, 0.05) is 49.0 Å². The van der Waals surface area contributed by atoms with Gasteiger partial charge >= 0.3 is 0 Å². The van der Waals surface area contributed by atoms with Crippen molar-refractivity contribution in [2.75, 3.05) is 13.1 Å². The molecule has 0 saturated carbocycles. The van der Waals surface area contributed by atoms with Crippen LogP contribution in [0.25, 0.3) is 0 Å². The summed E-state index contributed by atoms with van der Waals surface area (Å²) in [6, 6.07) is 5.25. The van der Waals surface area contributed by atoms with Crippen LogP contribution in [0.3, 0.4) is 0 Å². The summed E-state index contributed by atoms with van der Waals surface area (Å²) in [5.41, 5.74) is 0.935. The Morgan fingerprint density at radius 3 is 1.30 bits per heavy atom. The van der Waals surface area contributed by atoms with Crippen LogP contribution in [0.5, 0.6) is 0 Å². The summed E-state index contributed by atoms with van der Waals surface area (Å²) < 4.78 is 0. The van der Waals surface area contributed by atoms with E-state index in [2.05, 4.69) is 31.2 Å². The minimum Gasteiger partial charge on any atom is -0.354 e. The van der Waals surface area contributed by atoms with Crippen molar-refractivity contribution < 1.29 is 19.2 Å². The number of rotatable bonds is 17. The van der Waals surface area contributed by atoms with Crippen LogP contribution >= 0.6 is 0 Å². The Labute approximate surface area is 237 Å². The van der Waals surface area contributed by atoms with Gasteiger partial charge in [-0.15, -0.1) is 0 Å². The first kappa shape index (κ1) is 32.4. The zero-order valence-corrected chi connectivity index (χ0v) is 24.1. The van der Waals surface area contributed by atoms with Crippen molar-refractivity contribution in [3.63, 3.8) is 0 Å². The number of hydrogen-bond acceptors (Lipinski definition) is 6. The van der Waals surface area contributed by atoms with E-state index in [1.165, 1.54) is 0 Å². The molecule has 0 saturated heterocycles. The molecule has 0 radical (unpaired) electrons. The fourth-order valence-corrected chi connectivity index (χ4v) is 4.11. The number of nitrogens with zero attached hydrogens (tertiary/aromatic N) is 2. The number of nitrogens with one attached hydrogen (secondary N) is 4. The fraction of sp³-hybridized carbons (Fsp3) is 0.533. The summed E-state index contributed by atoms with van der Waals surface area (Å²) in [5, 5.41) is 11.6. The van der Waals surface area contributed by atoms with Gasteiger partial charge in [0.2, 0.25) is 11.8 Å². The maximum atomic E-state index is 12.8. The van der Waals surface area contributed by atoms with Crippen LogP contribution in [0.2, 0.25) is 0 Å². The second kappa shape index (κ2) is 17.7. The number of amides is 4. The van der Waals surface area contributed by atoms with Gasteiger partial charge in [-0.25, -0.2) is 0 Å². The quantitative estimate of drug-likeness (QED) is 0.222. The van der Waals surface area contributed by atoms with Crippen LogP contribution in [-0.4, -0.2) is 58.8 Å². The molecule has 2 unspecified atom stereocenters. The minimum absolute atomic E-state index is 0.0110. The van der Waals surface area contributed by atoms with Gasteiger partial charge < -0.3 is 21.3 Å². The highest BCUT2D eigenvalue weighted by Gasteiger charge is 2.27. The maximum Gasteiger partial charge on any atom is 0.252 e. The van der Waals surface area contributed by atoms with Crippen molar-refractivity contribution in [1.82, 2.24) is 31.2 Å². The largest absolute Gasteiger partial charge is 0.354 e. The average molecular weight is 553 g/mol. The lowest BCUT2D eigenvalue weighted by Crippen LogP contribution is -2.50. The maximum absolute atomic E-state index is 12.8. The summed E-state index contributed by atoms with van der Waals surface area (Å²) >= 11 is 0. The van der Waals surface area contributed by atoms with E-state index in [4.69, 9.17) is 0 Å². The van der Waals surface area contributed by atoms with E-state index in [1.807, 2.05) is 27.7 Å². The predicted molar refractivity (Wildman–Crippen MR) is 154 cm³/mol. The van der Waals surface area contributed by atoms with Crippen LogP contribution in [0.15, 0.2) is 49.1 Å². The molecule has 0 aliphatic heterocycles. The van der Waals surface area contributed by atoms with E-state index in [0.717, 1.165) is 38.5 Å². The van der Waals surface area contributed by atoms with Crippen molar-refractivity contribution >= 4 is 23.6 Å². The Hall–Kier alpha value is -3.82. The molecule has 0 bridgehead atoms. The third-order valence-corrected chi connectivity index (χ3v) is 7.15. The molecule has 2 aromatic rings. The highest BCUT2D eigenvalue weighted by Crippen LogP contribution is 2.11. The summed E-state index contributed by atoms with van der Waals surface area (Å²) in [5.74, 6) is -0.982. The molecule has 4 amide bonds. The second-order valence-corrected chi connectivity index (χ2v) is 10.1. The fourth-order valence-electron chi connectivity index (χ4n) is 4.11. The number of carbonyl (C=O) groups is 4. The zero-order valence-electron chi connectivity index (χ0n) is 24.1. The summed E-state index contributed by atoms with van der Waals surface area (Å²) in [4.78, 5) is 58.6. The van der Waals surface area contributed by atoms with E-state index >= 15 is 0 Å². The Kier molecular flexibility index (Phi) is 14.3. The van der Waals surface area contributed by atoms with Gasteiger partial charge in [0.1, 0.15) is 12.1 Å². The molecule has 10 heteroatoms. The van der Waals surface area contributed by atoms with Gasteiger partial charge in [-0.1, -0.05) is 53.4 Å². The first-order valence-corrected chi connectivity index (χ1v) is 14.3. The van der Waals surface area contributed by atoms with Gasteiger partial charge in [0.05, 0.1) is 0 Å². The third kappa shape index (κ3) is 10.7. The number of pyridine rings is 2. The molecule has 2 rings (SSSR count). The molecule has 0 aliphatic carbocycles. The number of aromatic nitrogens is 2. The van der Waals surface area contributed by atoms with Crippen molar-refractivity contribution in [1.29, 1.82) is 0 Å². The number of carbonyl (C=O) groups excluding carboxylic acids is 4. The van der Waals surface area contributed by atoms with E-state index < -0.39 is 12.1 Å². The molecule has 2 aromatic heterocycles. The second-order valence-electron chi connectivity index (χ2n) is 10.1. The normalized spacial score (nSPS) is 13.8. The van der Waals surface area contributed by atoms with E-state index in [9.17, 15) is 19.2 Å². The van der Waals surface area contributed by atoms with Crippen LogP contribution in [-0.2, 0) is 9.59 Å². The minimum atomic E-state index is -0.613. The summed E-state index contributed by atoms with van der Waals surface area (Å²) in [6.45, 7) is 8.90. The predicted octanol–water partition coefficient (Wildman–Crippen LogP) is 3.26. The molecule has 0 aromatic carbocycles. The molecule has 218 valence electrons. The monoisotopic (exact) mass is 552 g/mol. The Morgan fingerprint density at radius 2 is 0.975 bits per heavy atom. The van der Waals surface area contributed by atoms with Gasteiger partial charge in [-0.05, 0) is 48.9 Å². The SMILES string of the molecule is CCC(C)[C@H](NC(=O)c1ccncc1)C(=O)NCCCCCCNC(=O)[C@@H](NC(=O)c1ccncc1)C(C)CC. The lowest BCUT2D eigenvalue weighted by molar-refractivity contribution is -0.124. The van der Waals surface area contributed by atoms with Crippen molar-refractivity contribution in [2.45, 2.75) is 78.3 Å². The lowest BCUT2D eigenvalue weighted by Gasteiger charge is -2.24. The Balaban J connectivity index is 1.69. The lowest BCUT2D eigenvalue weighted by atomic mass is 9.97. The van der Waals surface area contributed by atoms with Gasteiger partial charge in [0.15, 0.2) is 0 Å². The summed E-state index contributed by atoms with van der Waals surface area (Å²) in [6.07, 6.45) is 11.1. The molecule has 10 nitrogen and oxygen atoms in total. The number of unbranched alkanes of at least 4 members (excludes halogenated alkanes) is 3. The first-order valence-electron chi connectivity index (χ1n) is 14.3. The molecule has 4 N–H and O–H groups in total. The molecule has 0 aliphatic rings. The molecule has 2 heterocycles. The molecule has 40 heavy (non-hydrogen) atoms. The highest BCUT2D eigenvalue weighted by molar-refractivity contribution is 5.98. The Morgan fingerprint density at radius 1 is 0.625 bits per heavy atom. The molecule has 0 spiro atoms. The van der Waals surface area contributed by atoms with E-state index in [-0.39, 0.29) is 35.5 Å². The third-order valence-electron chi connectivity index (χ3n) is 7.15. The van der Waals surface area contributed by atoms with Crippen LogP contribution in [0, 0.1) is 11.8 Å². The highest BCUT2D eigenvalue weighted by atomic mass is 16.2. The number of hydrogen-bond donors (Lipinski definition) is 4. The smallest absolute Gasteiger partial charge is 0.252 e. The van der Waals surface area contributed by atoms with Gasteiger partial charge in [-0.2, -0.15) is 0 Å². The van der Waals surface area contributed by atoms with Crippen LogP contribution in [0.4, 0.5) is 0 Å². The Bertz CT molecular complexity index is 981. The molecule has 4 atom stereocenters. The van der Waals surface area contributed by atoms with Gasteiger partial charge in [-0.3, -0.25) is 29.1 Å².